The highest BCUT2D eigenvalue weighted by molar-refractivity contribution is 9.10. The molecule has 4 nitrogen and oxygen atoms in total. The van der Waals surface area contributed by atoms with E-state index in [2.05, 4.69) is 21.2 Å². The number of benzene rings is 2. The highest BCUT2D eigenvalue weighted by atomic mass is 79.9. The molecule has 0 bridgehead atoms. The largest absolute Gasteiger partial charge is 0.494 e. The van der Waals surface area contributed by atoms with Crippen LogP contribution in [0.15, 0.2) is 53.0 Å². The first-order chi connectivity index (χ1) is 10.6. The van der Waals surface area contributed by atoms with E-state index in [0.717, 1.165) is 15.9 Å². The minimum atomic E-state index is -0.596. The smallest absolute Gasteiger partial charge is 0.265 e. The molecule has 2 aromatic rings. The minimum absolute atomic E-state index is 0.198. The lowest BCUT2D eigenvalue weighted by atomic mass is 10.3. The van der Waals surface area contributed by atoms with Gasteiger partial charge in [-0.05, 0) is 62.4 Å². The molecule has 0 fully saturated rings. The first kappa shape index (κ1) is 16.4. The van der Waals surface area contributed by atoms with Crippen molar-refractivity contribution in [3.8, 4) is 11.5 Å². The van der Waals surface area contributed by atoms with Crippen LogP contribution in [0.2, 0.25) is 0 Å². The summed E-state index contributed by atoms with van der Waals surface area (Å²) in [6.07, 6.45) is -0.596. The maximum atomic E-state index is 12.1. The fraction of sp³-hybridized carbons (Fsp3) is 0.235. The Balaban J connectivity index is 1.91. The van der Waals surface area contributed by atoms with Crippen molar-refractivity contribution in [3.63, 3.8) is 0 Å². The first-order valence-electron chi connectivity index (χ1n) is 7.04. The lowest BCUT2D eigenvalue weighted by molar-refractivity contribution is -0.122. The monoisotopic (exact) mass is 363 g/mol. The van der Waals surface area contributed by atoms with Gasteiger partial charge in [0.25, 0.3) is 5.91 Å². The third-order valence-corrected chi connectivity index (χ3v) is 3.46. The maximum absolute atomic E-state index is 12.1. The molecular weight excluding hydrogens is 346 g/mol. The van der Waals surface area contributed by atoms with E-state index in [1.165, 1.54) is 0 Å². The lowest BCUT2D eigenvalue weighted by Crippen LogP contribution is -2.30. The molecule has 0 aliphatic rings. The molecule has 2 aromatic carbocycles. The summed E-state index contributed by atoms with van der Waals surface area (Å²) in [5.41, 5.74) is 0.732. The van der Waals surface area contributed by atoms with Crippen LogP contribution in [0, 0.1) is 0 Å². The van der Waals surface area contributed by atoms with Crippen LogP contribution in [-0.4, -0.2) is 18.6 Å². The summed E-state index contributed by atoms with van der Waals surface area (Å²) in [5.74, 6) is 1.21. The van der Waals surface area contributed by atoms with Crippen LogP contribution >= 0.6 is 15.9 Å². The van der Waals surface area contributed by atoms with E-state index >= 15 is 0 Å². The van der Waals surface area contributed by atoms with Crippen molar-refractivity contribution < 1.29 is 14.3 Å². The van der Waals surface area contributed by atoms with Gasteiger partial charge in [0.15, 0.2) is 6.10 Å². The number of halogens is 1. The standard InChI is InChI=1S/C17H18BrNO3/c1-3-21-15-8-10-16(11-9-15)22-12(2)17(20)19-14-6-4-13(18)5-7-14/h4-12H,3H2,1-2H3,(H,19,20). The molecule has 0 spiro atoms. The molecule has 1 atom stereocenters. The van der Waals surface area contributed by atoms with Crippen molar-refractivity contribution in [2.24, 2.45) is 0 Å². The summed E-state index contributed by atoms with van der Waals surface area (Å²) in [4.78, 5) is 12.1. The van der Waals surface area contributed by atoms with Crippen molar-refractivity contribution >= 4 is 27.5 Å². The van der Waals surface area contributed by atoms with Gasteiger partial charge in [-0.2, -0.15) is 0 Å². The molecule has 1 N–H and O–H groups in total. The summed E-state index contributed by atoms with van der Waals surface area (Å²) in [6, 6.07) is 14.6. The number of hydrogen-bond donors (Lipinski definition) is 1. The van der Waals surface area contributed by atoms with Crippen molar-refractivity contribution in [1.29, 1.82) is 0 Å². The maximum Gasteiger partial charge on any atom is 0.265 e. The summed E-state index contributed by atoms with van der Waals surface area (Å²) in [7, 11) is 0. The van der Waals surface area contributed by atoms with Crippen molar-refractivity contribution in [3.05, 3.63) is 53.0 Å². The van der Waals surface area contributed by atoms with Crippen molar-refractivity contribution in [2.75, 3.05) is 11.9 Å². The Hall–Kier alpha value is -2.01. The summed E-state index contributed by atoms with van der Waals surface area (Å²) < 4.78 is 12.0. The second-order valence-electron chi connectivity index (χ2n) is 4.66. The van der Waals surface area contributed by atoms with Gasteiger partial charge >= 0.3 is 0 Å². The molecule has 2 rings (SSSR count). The Morgan fingerprint density at radius 2 is 1.68 bits per heavy atom. The quantitative estimate of drug-likeness (QED) is 0.834. The van der Waals surface area contributed by atoms with Gasteiger partial charge in [-0.25, -0.2) is 0 Å². The predicted octanol–water partition coefficient (Wildman–Crippen LogP) is 4.25. The van der Waals surface area contributed by atoms with E-state index < -0.39 is 6.10 Å². The molecule has 5 heteroatoms. The summed E-state index contributed by atoms with van der Waals surface area (Å²) in [5, 5.41) is 2.81. The van der Waals surface area contributed by atoms with Crippen LogP contribution in [0.5, 0.6) is 11.5 Å². The summed E-state index contributed by atoms with van der Waals surface area (Å²) in [6.45, 7) is 4.26. The molecule has 0 aliphatic heterocycles. The van der Waals surface area contributed by atoms with E-state index in [9.17, 15) is 4.79 Å². The highest BCUT2D eigenvalue weighted by Gasteiger charge is 2.14. The van der Waals surface area contributed by atoms with E-state index in [1.807, 2.05) is 43.3 Å². The van der Waals surface area contributed by atoms with E-state index in [4.69, 9.17) is 9.47 Å². The Labute approximate surface area is 138 Å². The zero-order valence-corrected chi connectivity index (χ0v) is 14.1. The molecule has 116 valence electrons. The van der Waals surface area contributed by atoms with Crippen LogP contribution in [0.4, 0.5) is 5.69 Å². The third kappa shape index (κ3) is 4.77. The first-order valence-corrected chi connectivity index (χ1v) is 7.83. The topological polar surface area (TPSA) is 47.6 Å². The molecule has 0 saturated carbocycles. The number of anilines is 1. The van der Waals surface area contributed by atoms with Gasteiger partial charge in [0.2, 0.25) is 0 Å². The van der Waals surface area contributed by atoms with Gasteiger partial charge in [-0.3, -0.25) is 4.79 Å². The molecule has 1 unspecified atom stereocenters. The molecular formula is C17H18BrNO3. The van der Waals surface area contributed by atoms with Gasteiger partial charge in [0.05, 0.1) is 6.61 Å². The molecule has 0 aliphatic carbocycles. The SMILES string of the molecule is CCOc1ccc(OC(C)C(=O)Nc2ccc(Br)cc2)cc1. The number of carbonyl (C=O) groups is 1. The van der Waals surface area contributed by atoms with Crippen LogP contribution in [0.1, 0.15) is 13.8 Å². The number of ether oxygens (including phenoxy) is 2. The number of carbonyl (C=O) groups excluding carboxylic acids is 1. The Kier molecular flexibility index (Phi) is 5.83. The zero-order chi connectivity index (χ0) is 15.9. The molecule has 22 heavy (non-hydrogen) atoms. The summed E-state index contributed by atoms with van der Waals surface area (Å²) >= 11 is 3.35. The number of nitrogens with one attached hydrogen (secondary N) is 1. The van der Waals surface area contributed by atoms with Gasteiger partial charge in [-0.1, -0.05) is 15.9 Å². The molecule has 0 radical (unpaired) electrons. The van der Waals surface area contributed by atoms with Gasteiger partial charge in [0.1, 0.15) is 11.5 Å². The van der Waals surface area contributed by atoms with Crippen molar-refractivity contribution in [1.82, 2.24) is 0 Å². The van der Waals surface area contributed by atoms with Gasteiger partial charge in [0, 0.05) is 10.2 Å². The van der Waals surface area contributed by atoms with Crippen LogP contribution in [0.25, 0.3) is 0 Å². The van der Waals surface area contributed by atoms with Crippen LogP contribution in [-0.2, 0) is 4.79 Å². The number of amides is 1. The number of rotatable bonds is 6. The van der Waals surface area contributed by atoms with Gasteiger partial charge in [-0.15, -0.1) is 0 Å². The highest BCUT2D eigenvalue weighted by Crippen LogP contribution is 2.19. The molecule has 0 aromatic heterocycles. The van der Waals surface area contributed by atoms with Gasteiger partial charge < -0.3 is 14.8 Å². The van der Waals surface area contributed by atoms with Crippen LogP contribution < -0.4 is 14.8 Å². The van der Waals surface area contributed by atoms with Crippen molar-refractivity contribution in [2.45, 2.75) is 20.0 Å². The predicted molar refractivity (Wildman–Crippen MR) is 90.5 cm³/mol. The fourth-order valence-corrected chi connectivity index (χ4v) is 2.08. The Morgan fingerprint density at radius 3 is 2.27 bits per heavy atom. The van der Waals surface area contributed by atoms with E-state index in [-0.39, 0.29) is 5.91 Å². The third-order valence-electron chi connectivity index (χ3n) is 2.93. The normalized spacial score (nSPS) is 11.6. The average molecular weight is 364 g/mol. The number of hydrogen-bond acceptors (Lipinski definition) is 3. The van der Waals surface area contributed by atoms with Crippen LogP contribution in [0.3, 0.4) is 0 Å². The zero-order valence-electron chi connectivity index (χ0n) is 12.5. The minimum Gasteiger partial charge on any atom is -0.494 e. The fourth-order valence-electron chi connectivity index (χ4n) is 1.82. The van der Waals surface area contributed by atoms with E-state index in [1.54, 1.807) is 19.1 Å². The molecule has 0 saturated heterocycles. The lowest BCUT2D eigenvalue weighted by Gasteiger charge is -2.15. The Morgan fingerprint density at radius 1 is 1.09 bits per heavy atom. The van der Waals surface area contributed by atoms with E-state index in [0.29, 0.717) is 12.4 Å². The molecule has 1 amide bonds. The molecule has 0 heterocycles. The Bertz CT molecular complexity index is 611. The average Bonchev–Trinajstić information content (AvgIpc) is 2.51. The second-order valence-corrected chi connectivity index (χ2v) is 5.58. The second kappa shape index (κ2) is 7.84.